The zero-order chi connectivity index (χ0) is 33.0. The van der Waals surface area contributed by atoms with E-state index in [2.05, 4.69) is 28.8 Å². The van der Waals surface area contributed by atoms with E-state index in [0.29, 0.717) is 46.8 Å². The number of allylic oxidation sites excluding steroid dienone is 5. The summed E-state index contributed by atoms with van der Waals surface area (Å²) in [6.07, 6.45) is 9.84. The number of carbonyl (C=O) groups is 4. The molecule has 0 atom stereocenters. The van der Waals surface area contributed by atoms with E-state index in [0.717, 1.165) is 44.8 Å². The average molecular weight is 647 g/mol. The van der Waals surface area contributed by atoms with Crippen LogP contribution in [0.5, 0.6) is 0 Å². The van der Waals surface area contributed by atoms with E-state index < -0.39 is 0 Å². The second-order valence-corrected chi connectivity index (χ2v) is 10.8. The smallest absolute Gasteiger partial charge is 0.305 e. The Kier molecular flexibility index (Phi) is 11.5. The minimum Gasteiger partial charge on any atom is -0.469 e. The highest BCUT2D eigenvalue weighted by Gasteiger charge is 2.27. The fourth-order valence-corrected chi connectivity index (χ4v) is 5.52. The molecule has 0 aromatic carbocycles. The highest BCUT2D eigenvalue weighted by atomic mass is 35.5. The van der Waals surface area contributed by atoms with Gasteiger partial charge in [0.05, 0.1) is 31.3 Å². The van der Waals surface area contributed by atoms with Crippen molar-refractivity contribution >= 4 is 54.0 Å². The summed E-state index contributed by atoms with van der Waals surface area (Å²) >= 11 is 0. The molecule has 3 aliphatic heterocycles. The number of esters is 2. The van der Waals surface area contributed by atoms with Crippen LogP contribution < -0.4 is 10.6 Å². The maximum Gasteiger partial charge on any atom is 0.305 e. The summed E-state index contributed by atoms with van der Waals surface area (Å²) in [6.45, 7) is 15.1. The fraction of sp³-hybridized carbons (Fsp3) is 0.286. The molecule has 0 spiro atoms. The SMILES string of the molecule is C=CC1=C(C)/C(=C/C2=NC(=C\c3[nH]c(/C=C4\NC(=O)C(C)=C4C=C)c(C)c3CCC(=O)OC)/C(CCC(=O)OC)=C2C)NC1=O.Cl. The largest absolute Gasteiger partial charge is 0.469 e. The van der Waals surface area contributed by atoms with Crippen molar-refractivity contribution in [2.45, 2.75) is 53.4 Å². The first kappa shape index (κ1) is 35.5. The molecule has 242 valence electrons. The lowest BCUT2D eigenvalue weighted by Gasteiger charge is -2.07. The van der Waals surface area contributed by atoms with Gasteiger partial charge in [0.1, 0.15) is 0 Å². The number of nitrogens with one attached hydrogen (secondary N) is 3. The number of methoxy groups -OCH3 is 2. The first-order valence-corrected chi connectivity index (χ1v) is 14.5. The molecule has 1 aromatic rings. The topological polar surface area (TPSA) is 139 Å². The molecule has 4 rings (SSSR count). The number of ether oxygens (including phenoxy) is 2. The molecular weight excluding hydrogens is 608 g/mol. The van der Waals surface area contributed by atoms with Gasteiger partial charge in [-0.05, 0) is 86.6 Å². The molecule has 1 aromatic heterocycles. The summed E-state index contributed by atoms with van der Waals surface area (Å²) < 4.78 is 9.79. The van der Waals surface area contributed by atoms with Crippen molar-refractivity contribution in [1.82, 2.24) is 15.6 Å². The molecule has 46 heavy (non-hydrogen) atoms. The molecule has 11 heteroatoms. The summed E-state index contributed by atoms with van der Waals surface area (Å²) in [7, 11) is 2.70. The molecule has 0 bridgehead atoms. The highest BCUT2D eigenvalue weighted by Crippen LogP contribution is 2.35. The highest BCUT2D eigenvalue weighted by molar-refractivity contribution is 6.14. The van der Waals surface area contributed by atoms with E-state index in [9.17, 15) is 19.2 Å². The molecule has 3 aliphatic rings. The van der Waals surface area contributed by atoms with Gasteiger partial charge in [-0.15, -0.1) is 12.4 Å². The van der Waals surface area contributed by atoms with Crippen LogP contribution in [-0.4, -0.2) is 48.7 Å². The normalized spacial score (nSPS) is 18.7. The quantitative estimate of drug-likeness (QED) is 0.275. The monoisotopic (exact) mass is 646 g/mol. The van der Waals surface area contributed by atoms with Crippen LogP contribution in [0.4, 0.5) is 0 Å². The number of H-pyrrole nitrogens is 1. The Balaban J connectivity index is 0.00000576. The van der Waals surface area contributed by atoms with Crippen LogP contribution in [0.15, 0.2) is 86.9 Å². The minimum atomic E-state index is -0.345. The van der Waals surface area contributed by atoms with E-state index >= 15 is 0 Å². The van der Waals surface area contributed by atoms with Crippen molar-refractivity contribution in [3.05, 3.63) is 104 Å². The number of amides is 2. The zero-order valence-corrected chi connectivity index (χ0v) is 27.8. The second kappa shape index (κ2) is 14.9. The summed E-state index contributed by atoms with van der Waals surface area (Å²) in [5.74, 6) is -1.09. The van der Waals surface area contributed by atoms with Crippen molar-refractivity contribution < 1.29 is 28.7 Å². The molecule has 0 fully saturated rings. The van der Waals surface area contributed by atoms with Gasteiger partial charge in [0.2, 0.25) is 0 Å². The number of hydrogen-bond donors (Lipinski definition) is 3. The Morgan fingerprint density at radius 1 is 0.761 bits per heavy atom. The van der Waals surface area contributed by atoms with Crippen molar-refractivity contribution in [3.8, 4) is 0 Å². The first-order valence-electron chi connectivity index (χ1n) is 14.5. The molecule has 0 aliphatic carbocycles. The molecular formula is C35H39ClN4O6. The Labute approximate surface area is 274 Å². The summed E-state index contributed by atoms with van der Waals surface area (Å²) in [5.41, 5.74) is 10.1. The second-order valence-electron chi connectivity index (χ2n) is 10.8. The third-order valence-electron chi connectivity index (χ3n) is 8.29. The van der Waals surface area contributed by atoms with Crippen LogP contribution in [0, 0.1) is 6.92 Å². The molecule has 0 saturated heterocycles. The lowest BCUT2D eigenvalue weighted by atomic mass is 9.98. The lowest BCUT2D eigenvalue weighted by Crippen LogP contribution is -2.16. The zero-order valence-electron chi connectivity index (χ0n) is 26.9. The lowest BCUT2D eigenvalue weighted by molar-refractivity contribution is -0.141. The number of aliphatic imine (C=N–C) groups is 1. The van der Waals surface area contributed by atoms with Gasteiger partial charge in [0, 0.05) is 46.6 Å². The molecule has 3 N–H and O–H groups in total. The third-order valence-corrected chi connectivity index (χ3v) is 8.29. The number of hydrogen-bond acceptors (Lipinski definition) is 7. The summed E-state index contributed by atoms with van der Waals surface area (Å²) in [4.78, 5) is 57.4. The fourth-order valence-electron chi connectivity index (χ4n) is 5.52. The Hall–Kier alpha value is -4.96. The van der Waals surface area contributed by atoms with Crippen LogP contribution in [0.25, 0.3) is 12.2 Å². The number of rotatable bonds is 11. The Morgan fingerprint density at radius 3 is 1.96 bits per heavy atom. The van der Waals surface area contributed by atoms with Gasteiger partial charge in [0.15, 0.2) is 0 Å². The molecule has 0 unspecified atom stereocenters. The van der Waals surface area contributed by atoms with Gasteiger partial charge in [-0.25, -0.2) is 4.99 Å². The molecule has 0 radical (unpaired) electrons. The predicted molar refractivity (Wildman–Crippen MR) is 181 cm³/mol. The molecule has 0 saturated carbocycles. The molecule has 2 amide bonds. The predicted octanol–water partition coefficient (Wildman–Crippen LogP) is 5.41. The number of aromatic nitrogens is 1. The van der Waals surface area contributed by atoms with Crippen molar-refractivity contribution in [2.75, 3.05) is 14.2 Å². The van der Waals surface area contributed by atoms with Gasteiger partial charge in [-0.1, -0.05) is 25.3 Å². The number of nitrogens with zero attached hydrogens (tertiary/aromatic N) is 1. The van der Waals surface area contributed by atoms with E-state index in [1.54, 1.807) is 13.0 Å². The maximum atomic E-state index is 12.4. The molecule has 4 heterocycles. The van der Waals surface area contributed by atoms with Crippen LogP contribution in [-0.2, 0) is 35.1 Å². The van der Waals surface area contributed by atoms with E-state index in [1.807, 2.05) is 39.0 Å². The van der Waals surface area contributed by atoms with Crippen LogP contribution in [0.2, 0.25) is 0 Å². The van der Waals surface area contributed by atoms with E-state index in [4.69, 9.17) is 14.5 Å². The van der Waals surface area contributed by atoms with Crippen LogP contribution in [0.1, 0.15) is 62.5 Å². The standard InChI is InChI=1S/C35H38N4O6.ClH/c1-9-22-21(6)34(42)39-29(22)16-27-20(5)25(12-14-33(41)45-8)31(37-27)17-30-24(11-13-32(40)44-7)19(4)26(36-30)15-28-18(3)23(10-2)35(43)38-28;/h9-10,15-17,37H,1-2,11-14H2,3-8H3,(H,38,43)(H,39,42);1H/b28-15-,29-16-,30-17-;. The van der Waals surface area contributed by atoms with E-state index in [1.165, 1.54) is 20.3 Å². The van der Waals surface area contributed by atoms with E-state index in [-0.39, 0.29) is 49.0 Å². The summed E-state index contributed by atoms with van der Waals surface area (Å²) in [5, 5.41) is 5.76. The van der Waals surface area contributed by atoms with Gasteiger partial charge in [-0.2, -0.15) is 0 Å². The maximum absolute atomic E-state index is 12.4. The van der Waals surface area contributed by atoms with Crippen molar-refractivity contribution in [3.63, 3.8) is 0 Å². The van der Waals surface area contributed by atoms with Gasteiger partial charge >= 0.3 is 11.9 Å². The van der Waals surface area contributed by atoms with Crippen molar-refractivity contribution in [1.29, 1.82) is 0 Å². The average Bonchev–Trinajstić information content (AvgIpc) is 3.66. The Morgan fingerprint density at radius 2 is 1.37 bits per heavy atom. The number of halogens is 1. The minimum absolute atomic E-state index is 0. The van der Waals surface area contributed by atoms with Crippen LogP contribution in [0.3, 0.4) is 0 Å². The first-order chi connectivity index (χ1) is 21.4. The van der Waals surface area contributed by atoms with Crippen LogP contribution >= 0.6 is 12.4 Å². The number of aromatic amines is 1. The third kappa shape index (κ3) is 7.13. The Bertz CT molecular complexity index is 1760. The summed E-state index contributed by atoms with van der Waals surface area (Å²) in [6, 6.07) is 0. The van der Waals surface area contributed by atoms with Gasteiger partial charge < -0.3 is 25.1 Å². The van der Waals surface area contributed by atoms with Gasteiger partial charge in [0.25, 0.3) is 11.8 Å². The molecule has 10 nitrogen and oxygen atoms in total. The van der Waals surface area contributed by atoms with Gasteiger partial charge in [-0.3, -0.25) is 19.2 Å². The number of carbonyl (C=O) groups excluding carboxylic acids is 4. The van der Waals surface area contributed by atoms with Crippen molar-refractivity contribution in [2.24, 2.45) is 4.99 Å².